The van der Waals surface area contributed by atoms with E-state index >= 15 is 0 Å². The Morgan fingerprint density at radius 3 is 2.75 bits per heavy atom. The lowest BCUT2D eigenvalue weighted by molar-refractivity contribution is 0.403. The van der Waals surface area contributed by atoms with E-state index in [0.717, 1.165) is 6.42 Å². The molecule has 0 fully saturated rings. The van der Waals surface area contributed by atoms with Crippen LogP contribution in [0.15, 0.2) is 40.7 Å². The molecule has 0 heteroatoms. The quantitative estimate of drug-likeness (QED) is 0.557. The van der Waals surface area contributed by atoms with Gasteiger partial charge in [-0.3, -0.25) is 0 Å². The minimum Gasteiger partial charge on any atom is -0.126 e. The third-order valence-electron chi connectivity index (χ3n) is 3.38. The number of hydrogen-bond acceptors (Lipinski definition) is 0. The third-order valence-corrected chi connectivity index (χ3v) is 3.38. The van der Waals surface area contributed by atoms with Gasteiger partial charge in [0.1, 0.15) is 0 Å². The van der Waals surface area contributed by atoms with E-state index < -0.39 is 0 Å². The fourth-order valence-electron chi connectivity index (χ4n) is 2.43. The Bertz CT molecular complexity index is 369. The fourth-order valence-corrected chi connectivity index (χ4v) is 2.43. The van der Waals surface area contributed by atoms with Crippen LogP contribution in [0.2, 0.25) is 0 Å². The van der Waals surface area contributed by atoms with Crippen molar-refractivity contribution >= 4 is 0 Å². The van der Waals surface area contributed by atoms with Crippen LogP contribution in [-0.4, -0.2) is 0 Å². The predicted octanol–water partition coefficient (Wildman–Crippen LogP) is 5.19. The molecule has 0 amide bonds. The molecule has 0 aromatic rings. The highest BCUT2D eigenvalue weighted by Crippen LogP contribution is 2.40. The van der Waals surface area contributed by atoms with E-state index in [4.69, 9.17) is 0 Å². The topological polar surface area (TPSA) is 0 Å². The molecule has 1 aliphatic carbocycles. The second-order valence-electron chi connectivity index (χ2n) is 5.34. The number of allylic oxidation sites excluding steroid dienone is 5. The Labute approximate surface area is 100 Å². The lowest BCUT2D eigenvalue weighted by Gasteiger charge is -2.32. The summed E-state index contributed by atoms with van der Waals surface area (Å²) >= 11 is 0. The second-order valence-corrected chi connectivity index (χ2v) is 5.34. The Morgan fingerprint density at radius 2 is 2.19 bits per heavy atom. The first-order chi connectivity index (χ1) is 7.47. The zero-order chi connectivity index (χ0) is 12.2. The van der Waals surface area contributed by atoms with Crippen LogP contribution >= 0.6 is 0 Å². The standard InChI is InChI=1S/C16H24/c1-6-8-13(2)10-11-15-14(3)9-7-12-16(15,4)5/h6,9,11H,7,10,12H2,1-5H3/b15-11+. The van der Waals surface area contributed by atoms with Gasteiger partial charge in [-0.25, -0.2) is 0 Å². The average molecular weight is 216 g/mol. The molecule has 0 radical (unpaired) electrons. The van der Waals surface area contributed by atoms with E-state index in [-0.39, 0.29) is 0 Å². The van der Waals surface area contributed by atoms with Crippen molar-refractivity contribution in [2.24, 2.45) is 5.41 Å². The van der Waals surface area contributed by atoms with Crippen molar-refractivity contribution < 1.29 is 0 Å². The van der Waals surface area contributed by atoms with Crippen LogP contribution in [0.4, 0.5) is 0 Å². The number of hydrogen-bond donors (Lipinski definition) is 0. The summed E-state index contributed by atoms with van der Waals surface area (Å²) in [4.78, 5) is 0. The highest BCUT2D eigenvalue weighted by atomic mass is 14.3. The van der Waals surface area contributed by atoms with Crippen LogP contribution in [0.1, 0.15) is 53.9 Å². The van der Waals surface area contributed by atoms with E-state index in [9.17, 15) is 0 Å². The van der Waals surface area contributed by atoms with Crippen molar-refractivity contribution in [3.8, 4) is 0 Å². The summed E-state index contributed by atoms with van der Waals surface area (Å²) in [5, 5.41) is 0. The summed E-state index contributed by atoms with van der Waals surface area (Å²) in [5.41, 5.74) is 7.89. The molecule has 0 aliphatic heterocycles. The first-order valence-electron chi connectivity index (χ1n) is 6.22. The summed E-state index contributed by atoms with van der Waals surface area (Å²) in [5.74, 6) is 0. The Hall–Kier alpha value is -1.00. The molecule has 0 heterocycles. The van der Waals surface area contributed by atoms with Crippen LogP contribution in [-0.2, 0) is 0 Å². The molecule has 0 N–H and O–H groups in total. The summed E-state index contributed by atoms with van der Waals surface area (Å²) in [6.45, 7) is 11.1. The van der Waals surface area contributed by atoms with Gasteiger partial charge < -0.3 is 0 Å². The van der Waals surface area contributed by atoms with Gasteiger partial charge in [0.05, 0.1) is 0 Å². The summed E-state index contributed by atoms with van der Waals surface area (Å²) in [6.07, 6.45) is 10.3. The molecule has 0 nitrogen and oxygen atoms in total. The normalized spacial score (nSPS) is 21.3. The van der Waals surface area contributed by atoms with Gasteiger partial charge in [0.2, 0.25) is 0 Å². The minimum absolute atomic E-state index is 0.342. The molecular weight excluding hydrogens is 192 g/mol. The monoisotopic (exact) mass is 216 g/mol. The molecule has 88 valence electrons. The van der Waals surface area contributed by atoms with Crippen LogP contribution in [0.25, 0.3) is 0 Å². The average Bonchev–Trinajstić information content (AvgIpc) is 2.16. The third kappa shape index (κ3) is 3.25. The Kier molecular flexibility index (Phi) is 4.38. The first-order valence-corrected chi connectivity index (χ1v) is 6.22. The van der Waals surface area contributed by atoms with Crippen molar-refractivity contribution in [2.45, 2.75) is 53.9 Å². The van der Waals surface area contributed by atoms with Crippen LogP contribution in [0.5, 0.6) is 0 Å². The van der Waals surface area contributed by atoms with E-state index in [1.807, 2.05) is 13.0 Å². The molecule has 0 saturated carbocycles. The molecule has 0 bridgehead atoms. The van der Waals surface area contributed by atoms with Crippen molar-refractivity contribution in [3.05, 3.63) is 40.7 Å². The lowest BCUT2D eigenvalue weighted by atomic mass is 9.73. The van der Waals surface area contributed by atoms with Gasteiger partial charge in [0.15, 0.2) is 0 Å². The molecule has 0 spiro atoms. The summed E-state index contributed by atoms with van der Waals surface area (Å²) in [6, 6.07) is 0. The zero-order valence-corrected chi connectivity index (χ0v) is 11.4. The highest BCUT2D eigenvalue weighted by molar-refractivity contribution is 5.37. The highest BCUT2D eigenvalue weighted by Gasteiger charge is 2.26. The Morgan fingerprint density at radius 1 is 1.50 bits per heavy atom. The largest absolute Gasteiger partial charge is 0.126 e. The molecule has 0 aromatic carbocycles. The van der Waals surface area contributed by atoms with Gasteiger partial charge in [-0.15, -0.1) is 5.73 Å². The van der Waals surface area contributed by atoms with Gasteiger partial charge in [-0.2, -0.15) is 0 Å². The van der Waals surface area contributed by atoms with E-state index in [0.29, 0.717) is 5.41 Å². The zero-order valence-electron chi connectivity index (χ0n) is 11.4. The van der Waals surface area contributed by atoms with Gasteiger partial charge in [0, 0.05) is 0 Å². The molecule has 0 atom stereocenters. The molecule has 1 aliphatic rings. The number of rotatable bonds is 2. The van der Waals surface area contributed by atoms with Gasteiger partial charge in [-0.1, -0.05) is 31.6 Å². The smallest absolute Gasteiger partial charge is 0.00593 e. The molecule has 1 rings (SSSR count). The predicted molar refractivity (Wildman–Crippen MR) is 72.4 cm³/mol. The van der Waals surface area contributed by atoms with Crippen molar-refractivity contribution in [1.29, 1.82) is 0 Å². The van der Waals surface area contributed by atoms with Gasteiger partial charge >= 0.3 is 0 Å². The molecule has 0 aromatic heterocycles. The lowest BCUT2D eigenvalue weighted by Crippen LogP contribution is -2.18. The summed E-state index contributed by atoms with van der Waals surface area (Å²) < 4.78 is 0. The van der Waals surface area contributed by atoms with E-state index in [1.165, 1.54) is 29.6 Å². The maximum absolute atomic E-state index is 3.25. The van der Waals surface area contributed by atoms with Crippen molar-refractivity contribution in [1.82, 2.24) is 0 Å². The van der Waals surface area contributed by atoms with Gasteiger partial charge in [0.25, 0.3) is 0 Å². The minimum atomic E-state index is 0.342. The summed E-state index contributed by atoms with van der Waals surface area (Å²) in [7, 11) is 0. The van der Waals surface area contributed by atoms with Crippen molar-refractivity contribution in [2.75, 3.05) is 0 Å². The van der Waals surface area contributed by atoms with E-state index in [2.05, 4.69) is 45.6 Å². The Balaban J connectivity index is 2.92. The maximum Gasteiger partial charge on any atom is -0.00593 e. The molecular formula is C16H24. The second kappa shape index (κ2) is 5.37. The van der Waals surface area contributed by atoms with Crippen LogP contribution < -0.4 is 0 Å². The van der Waals surface area contributed by atoms with Crippen LogP contribution in [0, 0.1) is 5.41 Å². The van der Waals surface area contributed by atoms with Crippen LogP contribution in [0.3, 0.4) is 0 Å². The SMILES string of the molecule is CC=C=C(C)C/C=C1\C(C)=CCCC1(C)C. The maximum atomic E-state index is 3.25. The molecule has 0 saturated heterocycles. The molecule has 0 unspecified atom stereocenters. The molecule has 16 heavy (non-hydrogen) atoms. The van der Waals surface area contributed by atoms with Gasteiger partial charge in [-0.05, 0) is 62.7 Å². The van der Waals surface area contributed by atoms with Crippen molar-refractivity contribution in [3.63, 3.8) is 0 Å². The fraction of sp³-hybridized carbons (Fsp3) is 0.562. The first kappa shape index (κ1) is 13.1. The van der Waals surface area contributed by atoms with E-state index in [1.54, 1.807) is 0 Å².